The van der Waals surface area contributed by atoms with Crippen LogP contribution >= 0.6 is 11.6 Å². The van der Waals surface area contributed by atoms with Crippen LogP contribution < -0.4 is 0 Å². The van der Waals surface area contributed by atoms with Gasteiger partial charge in [-0.15, -0.1) is 0 Å². The first kappa shape index (κ1) is 8.92. The molecule has 0 atom stereocenters. The predicted molar refractivity (Wildman–Crippen MR) is 51.4 cm³/mol. The smallest absolute Gasteiger partial charge is 0.147 e. The van der Waals surface area contributed by atoms with Crippen molar-refractivity contribution in [3.63, 3.8) is 0 Å². The lowest BCUT2D eigenvalue weighted by atomic mass is 10.1. The molecule has 0 radical (unpaired) electrons. The summed E-state index contributed by atoms with van der Waals surface area (Å²) in [7, 11) is 0. The zero-order valence-corrected chi connectivity index (χ0v) is 7.72. The second-order valence-corrected chi connectivity index (χ2v) is 3.13. The minimum absolute atomic E-state index is 0.102. The molecule has 1 aromatic heterocycles. The number of pyridine rings is 1. The third-order valence-electron chi connectivity index (χ3n) is 1.92. The summed E-state index contributed by atoms with van der Waals surface area (Å²) in [4.78, 5) is 3.83. The first-order valence-electron chi connectivity index (χ1n) is 3.86. The first-order chi connectivity index (χ1) is 6.72. The standard InChI is InChI=1S/C10H4ClFN2/c11-10-9(4-13)8-3-7(12)2-1-6(8)5-14-10/h1-3,5H. The van der Waals surface area contributed by atoms with E-state index in [1.54, 1.807) is 6.07 Å². The highest BCUT2D eigenvalue weighted by molar-refractivity contribution is 6.31. The van der Waals surface area contributed by atoms with Crippen molar-refractivity contribution in [3.05, 3.63) is 40.9 Å². The Labute approximate surface area is 84.6 Å². The molecule has 2 nitrogen and oxygen atoms in total. The zero-order valence-electron chi connectivity index (χ0n) is 6.96. The highest BCUT2D eigenvalue weighted by atomic mass is 35.5. The lowest BCUT2D eigenvalue weighted by molar-refractivity contribution is 0.629. The summed E-state index contributed by atoms with van der Waals surface area (Å²) in [6.45, 7) is 0. The van der Waals surface area contributed by atoms with Crippen molar-refractivity contribution in [3.8, 4) is 6.07 Å². The number of hydrogen-bond donors (Lipinski definition) is 0. The third-order valence-corrected chi connectivity index (χ3v) is 2.21. The highest BCUT2D eigenvalue weighted by Crippen LogP contribution is 2.23. The van der Waals surface area contributed by atoms with Gasteiger partial charge in [0.15, 0.2) is 0 Å². The minimum Gasteiger partial charge on any atom is -0.242 e. The van der Waals surface area contributed by atoms with Gasteiger partial charge in [0, 0.05) is 17.0 Å². The number of nitriles is 1. The molecule has 0 bridgehead atoms. The van der Waals surface area contributed by atoms with Gasteiger partial charge >= 0.3 is 0 Å². The molecule has 2 aromatic rings. The van der Waals surface area contributed by atoms with Gasteiger partial charge in [-0.3, -0.25) is 0 Å². The molecule has 0 aliphatic carbocycles. The van der Waals surface area contributed by atoms with Crippen LogP contribution in [-0.4, -0.2) is 4.98 Å². The molecule has 14 heavy (non-hydrogen) atoms. The Morgan fingerprint density at radius 2 is 2.21 bits per heavy atom. The fourth-order valence-electron chi connectivity index (χ4n) is 1.27. The normalized spacial score (nSPS) is 10.1. The molecule has 0 saturated heterocycles. The van der Waals surface area contributed by atoms with Crippen LogP contribution in [0.1, 0.15) is 5.56 Å². The summed E-state index contributed by atoms with van der Waals surface area (Å²) in [5.41, 5.74) is 0.212. The van der Waals surface area contributed by atoms with Gasteiger partial charge in [-0.1, -0.05) is 11.6 Å². The van der Waals surface area contributed by atoms with Gasteiger partial charge in [-0.05, 0) is 18.2 Å². The number of rotatable bonds is 0. The summed E-state index contributed by atoms with van der Waals surface area (Å²) >= 11 is 5.70. The molecule has 4 heteroatoms. The maximum Gasteiger partial charge on any atom is 0.147 e. The average Bonchev–Trinajstić information content (AvgIpc) is 2.17. The lowest BCUT2D eigenvalue weighted by Gasteiger charge is -2.00. The molecule has 0 spiro atoms. The van der Waals surface area contributed by atoms with Gasteiger partial charge in [-0.25, -0.2) is 9.37 Å². The summed E-state index contributed by atoms with van der Waals surface area (Å²) < 4.78 is 12.9. The quantitative estimate of drug-likeness (QED) is 0.622. The topological polar surface area (TPSA) is 36.7 Å². The van der Waals surface area contributed by atoms with Crippen molar-refractivity contribution >= 4 is 22.4 Å². The molecule has 2 rings (SSSR count). The molecule has 0 N–H and O–H groups in total. The highest BCUT2D eigenvalue weighted by Gasteiger charge is 2.07. The maximum absolute atomic E-state index is 12.9. The summed E-state index contributed by atoms with van der Waals surface area (Å²) in [5, 5.41) is 10.1. The van der Waals surface area contributed by atoms with Crippen LogP contribution in [0.25, 0.3) is 10.8 Å². The number of halogens is 2. The van der Waals surface area contributed by atoms with Crippen molar-refractivity contribution in [2.45, 2.75) is 0 Å². The van der Waals surface area contributed by atoms with Gasteiger partial charge < -0.3 is 0 Å². The molecule has 1 aromatic carbocycles. The molecule has 0 unspecified atom stereocenters. The van der Waals surface area contributed by atoms with Crippen LogP contribution in [-0.2, 0) is 0 Å². The Morgan fingerprint density at radius 1 is 1.43 bits per heavy atom. The van der Waals surface area contributed by atoms with E-state index in [-0.39, 0.29) is 10.7 Å². The van der Waals surface area contributed by atoms with E-state index in [0.29, 0.717) is 10.8 Å². The monoisotopic (exact) mass is 206 g/mol. The molecule has 0 amide bonds. The van der Waals surface area contributed by atoms with Crippen LogP contribution in [0.4, 0.5) is 4.39 Å². The number of hydrogen-bond acceptors (Lipinski definition) is 2. The third kappa shape index (κ3) is 1.30. The van der Waals surface area contributed by atoms with E-state index in [1.165, 1.54) is 18.3 Å². The average molecular weight is 207 g/mol. The number of benzene rings is 1. The summed E-state index contributed by atoms with van der Waals surface area (Å²) in [6, 6.07) is 6.07. The van der Waals surface area contributed by atoms with Crippen LogP contribution in [0.3, 0.4) is 0 Å². The van der Waals surface area contributed by atoms with Gasteiger partial charge in [0.05, 0.1) is 5.56 Å². The molecule has 0 aliphatic rings. The van der Waals surface area contributed by atoms with E-state index in [2.05, 4.69) is 4.98 Å². The van der Waals surface area contributed by atoms with E-state index in [4.69, 9.17) is 16.9 Å². The molecule has 0 aliphatic heterocycles. The SMILES string of the molecule is N#Cc1c(Cl)ncc2ccc(F)cc12. The minimum atomic E-state index is -0.392. The molecule has 1 heterocycles. The largest absolute Gasteiger partial charge is 0.242 e. The van der Waals surface area contributed by atoms with Crippen LogP contribution in [0.5, 0.6) is 0 Å². The van der Waals surface area contributed by atoms with Gasteiger partial charge in [0.25, 0.3) is 0 Å². The predicted octanol–water partition coefficient (Wildman–Crippen LogP) is 2.90. The van der Waals surface area contributed by atoms with Gasteiger partial charge in [-0.2, -0.15) is 5.26 Å². The van der Waals surface area contributed by atoms with Crippen molar-refractivity contribution in [2.75, 3.05) is 0 Å². The van der Waals surface area contributed by atoms with Crippen molar-refractivity contribution in [1.82, 2.24) is 4.98 Å². The molecule has 0 saturated carbocycles. The molecular weight excluding hydrogens is 203 g/mol. The lowest BCUT2D eigenvalue weighted by Crippen LogP contribution is -1.86. The van der Waals surface area contributed by atoms with E-state index < -0.39 is 5.82 Å². The number of fused-ring (bicyclic) bond motifs is 1. The zero-order chi connectivity index (χ0) is 10.1. The molecule has 68 valence electrons. The second-order valence-electron chi connectivity index (χ2n) is 2.77. The molecule has 0 fully saturated rings. The van der Waals surface area contributed by atoms with Crippen LogP contribution in [0, 0.1) is 17.1 Å². The summed E-state index contributed by atoms with van der Waals surface area (Å²) in [5.74, 6) is -0.392. The van der Waals surface area contributed by atoms with E-state index in [1.807, 2.05) is 6.07 Å². The fourth-order valence-corrected chi connectivity index (χ4v) is 1.46. The Hall–Kier alpha value is -1.66. The maximum atomic E-state index is 12.9. The van der Waals surface area contributed by atoms with Gasteiger partial charge in [0.1, 0.15) is 17.0 Å². The number of nitrogens with zero attached hydrogens (tertiary/aromatic N) is 2. The van der Waals surface area contributed by atoms with E-state index >= 15 is 0 Å². The van der Waals surface area contributed by atoms with E-state index in [9.17, 15) is 4.39 Å². The van der Waals surface area contributed by atoms with E-state index in [0.717, 1.165) is 0 Å². The Kier molecular flexibility index (Phi) is 2.06. The first-order valence-corrected chi connectivity index (χ1v) is 4.24. The van der Waals surface area contributed by atoms with Gasteiger partial charge in [0.2, 0.25) is 0 Å². The Bertz CT molecular complexity index is 540. The second kappa shape index (κ2) is 3.24. The number of aromatic nitrogens is 1. The van der Waals surface area contributed by atoms with Crippen LogP contribution in [0.2, 0.25) is 5.15 Å². The fraction of sp³-hybridized carbons (Fsp3) is 0. The van der Waals surface area contributed by atoms with Crippen molar-refractivity contribution < 1.29 is 4.39 Å². The Morgan fingerprint density at radius 3 is 2.93 bits per heavy atom. The van der Waals surface area contributed by atoms with Crippen molar-refractivity contribution in [1.29, 1.82) is 5.26 Å². The van der Waals surface area contributed by atoms with Crippen LogP contribution in [0.15, 0.2) is 24.4 Å². The summed E-state index contributed by atoms with van der Waals surface area (Å²) in [6.07, 6.45) is 1.51. The van der Waals surface area contributed by atoms with Crippen molar-refractivity contribution in [2.24, 2.45) is 0 Å². The Balaban J connectivity index is 2.93. The molecular formula is C10H4ClFN2.